The van der Waals surface area contributed by atoms with Crippen molar-refractivity contribution in [1.29, 1.82) is 0 Å². The van der Waals surface area contributed by atoms with E-state index in [2.05, 4.69) is 37.9 Å². The number of methoxy groups -OCH3 is 1. The minimum absolute atomic E-state index is 0.233. The standard InChI is InChI=1S/C22H30N2O4/c1-16(2)24(17(3)4)11-13-28-21-14-19(7-8-20(21)26-5)23-22(25)9-6-18-10-12-27-15-18/h6-10,12,14-17H,11,13H2,1-5H3,(H,23,25). The number of hydrogen-bond acceptors (Lipinski definition) is 5. The van der Waals surface area contributed by atoms with Gasteiger partial charge in [0.05, 0.1) is 19.6 Å². The van der Waals surface area contributed by atoms with Crippen molar-refractivity contribution >= 4 is 17.7 Å². The summed E-state index contributed by atoms with van der Waals surface area (Å²) in [5.74, 6) is 1.00. The molecular weight excluding hydrogens is 356 g/mol. The van der Waals surface area contributed by atoms with Crippen LogP contribution in [0.3, 0.4) is 0 Å². The number of ether oxygens (including phenoxy) is 2. The van der Waals surface area contributed by atoms with Crippen molar-refractivity contribution in [3.63, 3.8) is 0 Å². The molecule has 0 saturated carbocycles. The summed E-state index contributed by atoms with van der Waals surface area (Å²) in [6.45, 7) is 10.0. The quantitative estimate of drug-likeness (QED) is 0.612. The molecule has 1 N–H and O–H groups in total. The topological polar surface area (TPSA) is 63.9 Å². The van der Waals surface area contributed by atoms with Crippen molar-refractivity contribution in [3.05, 3.63) is 48.4 Å². The summed E-state index contributed by atoms with van der Waals surface area (Å²) in [6, 6.07) is 8.01. The van der Waals surface area contributed by atoms with Gasteiger partial charge in [-0.25, -0.2) is 0 Å². The van der Waals surface area contributed by atoms with Gasteiger partial charge in [0.25, 0.3) is 0 Å². The van der Waals surface area contributed by atoms with Crippen molar-refractivity contribution in [1.82, 2.24) is 4.90 Å². The summed E-state index contributed by atoms with van der Waals surface area (Å²) >= 11 is 0. The molecule has 0 aliphatic heterocycles. The molecular formula is C22H30N2O4. The van der Waals surface area contributed by atoms with Gasteiger partial charge >= 0.3 is 0 Å². The number of nitrogens with zero attached hydrogens (tertiary/aromatic N) is 1. The van der Waals surface area contributed by atoms with Crippen molar-refractivity contribution in [2.75, 3.05) is 25.6 Å². The lowest BCUT2D eigenvalue weighted by molar-refractivity contribution is -0.111. The van der Waals surface area contributed by atoms with Crippen LogP contribution in [0.15, 0.2) is 47.3 Å². The zero-order valence-electron chi connectivity index (χ0n) is 17.3. The van der Waals surface area contributed by atoms with Crippen molar-refractivity contribution in [2.45, 2.75) is 39.8 Å². The molecule has 1 heterocycles. The van der Waals surface area contributed by atoms with Crippen molar-refractivity contribution < 1.29 is 18.7 Å². The molecule has 0 radical (unpaired) electrons. The van der Waals surface area contributed by atoms with Crippen LogP contribution < -0.4 is 14.8 Å². The molecule has 1 aromatic carbocycles. The number of rotatable bonds is 10. The van der Waals surface area contributed by atoms with Gasteiger partial charge in [-0.2, -0.15) is 0 Å². The Morgan fingerprint density at radius 2 is 1.93 bits per heavy atom. The zero-order valence-corrected chi connectivity index (χ0v) is 17.3. The van der Waals surface area contributed by atoms with Crippen LogP contribution in [-0.4, -0.2) is 43.2 Å². The van der Waals surface area contributed by atoms with Gasteiger partial charge in [-0.1, -0.05) is 0 Å². The maximum Gasteiger partial charge on any atom is 0.248 e. The summed E-state index contributed by atoms with van der Waals surface area (Å²) in [6.07, 6.45) is 6.27. The maximum absolute atomic E-state index is 12.1. The van der Waals surface area contributed by atoms with E-state index in [4.69, 9.17) is 13.9 Å². The van der Waals surface area contributed by atoms with Crippen LogP contribution in [-0.2, 0) is 4.79 Å². The summed E-state index contributed by atoms with van der Waals surface area (Å²) in [7, 11) is 1.60. The number of carbonyl (C=O) groups excluding carboxylic acids is 1. The van der Waals surface area contributed by atoms with E-state index in [0.29, 0.717) is 35.9 Å². The van der Waals surface area contributed by atoms with Crippen LogP contribution in [0, 0.1) is 0 Å². The maximum atomic E-state index is 12.1. The van der Waals surface area contributed by atoms with E-state index in [1.54, 1.807) is 50.0 Å². The first-order valence-electron chi connectivity index (χ1n) is 9.48. The lowest BCUT2D eigenvalue weighted by Crippen LogP contribution is -2.39. The molecule has 6 heteroatoms. The molecule has 0 fully saturated rings. The number of anilines is 1. The fraction of sp³-hybridized carbons (Fsp3) is 0.409. The van der Waals surface area contributed by atoms with Crippen molar-refractivity contribution in [3.8, 4) is 11.5 Å². The average Bonchev–Trinajstić information content (AvgIpc) is 3.16. The largest absolute Gasteiger partial charge is 0.493 e. The van der Waals surface area contributed by atoms with Gasteiger partial charge in [0.2, 0.25) is 5.91 Å². The number of benzene rings is 1. The molecule has 152 valence electrons. The number of hydrogen-bond donors (Lipinski definition) is 1. The Bertz CT molecular complexity index is 759. The van der Waals surface area contributed by atoms with Crippen LogP contribution in [0.25, 0.3) is 6.08 Å². The van der Waals surface area contributed by atoms with Crippen LogP contribution in [0.1, 0.15) is 33.3 Å². The van der Waals surface area contributed by atoms with E-state index in [1.165, 1.54) is 6.08 Å². The molecule has 2 aromatic rings. The Kier molecular flexibility index (Phi) is 8.14. The van der Waals surface area contributed by atoms with Crippen molar-refractivity contribution in [2.24, 2.45) is 0 Å². The summed E-state index contributed by atoms with van der Waals surface area (Å²) in [4.78, 5) is 14.5. The smallest absolute Gasteiger partial charge is 0.248 e. The molecule has 0 bridgehead atoms. The highest BCUT2D eigenvalue weighted by Crippen LogP contribution is 2.30. The van der Waals surface area contributed by atoms with Gasteiger partial charge in [0, 0.05) is 42.0 Å². The molecule has 0 saturated heterocycles. The summed E-state index contributed by atoms with van der Waals surface area (Å²) in [5.41, 5.74) is 1.47. The number of furan rings is 1. The number of nitrogens with one attached hydrogen (secondary N) is 1. The van der Waals surface area contributed by atoms with Gasteiger partial charge < -0.3 is 19.2 Å². The Morgan fingerprint density at radius 1 is 1.18 bits per heavy atom. The Balaban J connectivity index is 1.99. The second-order valence-corrected chi connectivity index (χ2v) is 7.02. The predicted molar refractivity (Wildman–Crippen MR) is 112 cm³/mol. The lowest BCUT2D eigenvalue weighted by atomic mass is 10.2. The monoisotopic (exact) mass is 386 g/mol. The van der Waals surface area contributed by atoms with Gasteiger partial charge in [0.1, 0.15) is 6.61 Å². The second-order valence-electron chi connectivity index (χ2n) is 7.02. The highest BCUT2D eigenvalue weighted by molar-refractivity contribution is 6.02. The summed E-state index contributed by atoms with van der Waals surface area (Å²) < 4.78 is 16.3. The van der Waals surface area contributed by atoms with E-state index >= 15 is 0 Å². The first-order valence-corrected chi connectivity index (χ1v) is 9.48. The van der Waals surface area contributed by atoms with Crippen LogP contribution >= 0.6 is 0 Å². The fourth-order valence-electron chi connectivity index (χ4n) is 2.97. The third-order valence-corrected chi connectivity index (χ3v) is 4.34. The molecule has 0 spiro atoms. The molecule has 0 unspecified atom stereocenters. The van der Waals surface area contributed by atoms with Crippen LogP contribution in [0.5, 0.6) is 11.5 Å². The van der Waals surface area contributed by atoms with Crippen LogP contribution in [0.4, 0.5) is 5.69 Å². The minimum atomic E-state index is -0.233. The molecule has 0 atom stereocenters. The predicted octanol–water partition coefficient (Wildman–Crippen LogP) is 4.44. The molecule has 1 amide bonds. The van der Waals surface area contributed by atoms with Crippen LogP contribution in [0.2, 0.25) is 0 Å². The highest BCUT2D eigenvalue weighted by Gasteiger charge is 2.14. The molecule has 28 heavy (non-hydrogen) atoms. The third-order valence-electron chi connectivity index (χ3n) is 4.34. The average molecular weight is 386 g/mol. The zero-order chi connectivity index (χ0) is 20.5. The number of carbonyl (C=O) groups is 1. The van der Waals surface area contributed by atoms with E-state index in [0.717, 1.165) is 12.1 Å². The highest BCUT2D eigenvalue weighted by atomic mass is 16.5. The molecule has 1 aromatic heterocycles. The molecule has 0 aliphatic carbocycles. The van der Waals surface area contributed by atoms with E-state index < -0.39 is 0 Å². The van der Waals surface area contributed by atoms with E-state index in [9.17, 15) is 4.79 Å². The minimum Gasteiger partial charge on any atom is -0.493 e. The Morgan fingerprint density at radius 3 is 2.54 bits per heavy atom. The van der Waals surface area contributed by atoms with E-state index in [1.807, 2.05) is 0 Å². The second kappa shape index (κ2) is 10.6. The summed E-state index contributed by atoms with van der Waals surface area (Å²) in [5, 5.41) is 2.83. The third kappa shape index (κ3) is 6.46. The number of amides is 1. The van der Waals surface area contributed by atoms with Gasteiger partial charge in [-0.05, 0) is 52.0 Å². The van der Waals surface area contributed by atoms with E-state index in [-0.39, 0.29) is 5.91 Å². The first-order chi connectivity index (χ1) is 13.4. The fourth-order valence-corrected chi connectivity index (χ4v) is 2.97. The van der Waals surface area contributed by atoms with Gasteiger partial charge in [-0.15, -0.1) is 0 Å². The Hall–Kier alpha value is -2.73. The molecule has 0 aliphatic rings. The molecule has 6 nitrogen and oxygen atoms in total. The normalized spacial score (nSPS) is 11.6. The first kappa shape index (κ1) is 21.6. The Labute approximate surface area is 167 Å². The van der Waals surface area contributed by atoms with Gasteiger partial charge in [0.15, 0.2) is 11.5 Å². The SMILES string of the molecule is COc1ccc(NC(=O)C=Cc2ccoc2)cc1OCCN(C(C)C)C(C)C. The molecule has 2 rings (SSSR count). The van der Waals surface area contributed by atoms with Gasteiger partial charge in [-0.3, -0.25) is 9.69 Å². The lowest BCUT2D eigenvalue weighted by Gasteiger charge is -2.30.